The van der Waals surface area contributed by atoms with E-state index in [0.29, 0.717) is 5.56 Å². The molecule has 0 radical (unpaired) electrons. The molecule has 1 rings (SSSR count). The third-order valence-electron chi connectivity index (χ3n) is 1.62. The van der Waals surface area contributed by atoms with Gasteiger partial charge in [0.15, 0.2) is 0 Å². The van der Waals surface area contributed by atoms with E-state index >= 15 is 0 Å². The number of aliphatic hydroxyl groups excluding tert-OH is 1. The molecule has 0 aliphatic rings. The highest BCUT2D eigenvalue weighted by Crippen LogP contribution is 2.29. The molecule has 1 aromatic carbocycles. The van der Waals surface area contributed by atoms with E-state index in [1.165, 1.54) is 0 Å². The summed E-state index contributed by atoms with van der Waals surface area (Å²) in [6.45, 7) is 3.48. The summed E-state index contributed by atoms with van der Waals surface area (Å²) in [7, 11) is 0. The van der Waals surface area contributed by atoms with Crippen LogP contribution >= 0.6 is 11.8 Å². The van der Waals surface area contributed by atoms with Gasteiger partial charge >= 0.3 is 0 Å². The molecule has 2 nitrogen and oxygen atoms in total. The van der Waals surface area contributed by atoms with Crippen molar-refractivity contribution in [2.24, 2.45) is 0 Å². The van der Waals surface area contributed by atoms with Crippen LogP contribution in [0.25, 0.3) is 0 Å². The summed E-state index contributed by atoms with van der Waals surface area (Å²) in [5, 5.41) is 18.4. The minimum Gasteiger partial charge on any atom is -0.508 e. The average molecular weight is 196 g/mol. The highest BCUT2D eigenvalue weighted by molar-refractivity contribution is 7.99. The maximum atomic E-state index is 9.39. The Kier molecular flexibility index (Phi) is 3.86. The first-order valence-electron chi connectivity index (χ1n) is 3.95. The van der Waals surface area contributed by atoms with Crippen molar-refractivity contribution in [1.29, 1.82) is 0 Å². The Morgan fingerprint density at radius 2 is 2.23 bits per heavy atom. The number of aliphatic hydroxyl groups is 1. The first-order chi connectivity index (χ1) is 6.29. The molecule has 0 aliphatic heterocycles. The first kappa shape index (κ1) is 10.2. The monoisotopic (exact) mass is 196 g/mol. The van der Waals surface area contributed by atoms with Crippen LogP contribution in [0.4, 0.5) is 0 Å². The number of phenols is 1. The second-order valence-corrected chi connectivity index (χ2v) is 3.57. The number of aromatic hydroxyl groups is 1. The zero-order valence-electron chi connectivity index (χ0n) is 7.23. The molecule has 0 aromatic heterocycles. The molecular formula is C10H12O2S. The Bertz CT molecular complexity index is 297. The van der Waals surface area contributed by atoms with Crippen LogP contribution in [-0.2, 0) is 6.61 Å². The van der Waals surface area contributed by atoms with Gasteiger partial charge in [-0.2, -0.15) is 0 Å². The van der Waals surface area contributed by atoms with Gasteiger partial charge in [0, 0.05) is 16.2 Å². The van der Waals surface area contributed by atoms with E-state index in [-0.39, 0.29) is 12.4 Å². The Morgan fingerprint density at radius 1 is 1.46 bits per heavy atom. The zero-order valence-corrected chi connectivity index (χ0v) is 8.05. The number of hydrogen-bond donors (Lipinski definition) is 2. The van der Waals surface area contributed by atoms with E-state index in [1.54, 1.807) is 30.0 Å². The fourth-order valence-electron chi connectivity index (χ4n) is 0.997. The summed E-state index contributed by atoms with van der Waals surface area (Å²) in [5.74, 6) is 0.924. The van der Waals surface area contributed by atoms with Crippen molar-refractivity contribution < 1.29 is 10.2 Å². The maximum absolute atomic E-state index is 9.39. The predicted octanol–water partition coefficient (Wildman–Crippen LogP) is 2.16. The molecule has 0 fully saturated rings. The van der Waals surface area contributed by atoms with Gasteiger partial charge in [-0.05, 0) is 12.1 Å². The SMILES string of the molecule is C=CCSc1cccc(O)c1CO. The summed E-state index contributed by atoms with van der Waals surface area (Å²) in [4.78, 5) is 0.905. The Hall–Kier alpha value is -0.930. The van der Waals surface area contributed by atoms with Gasteiger partial charge in [0.2, 0.25) is 0 Å². The van der Waals surface area contributed by atoms with Crippen molar-refractivity contribution in [3.63, 3.8) is 0 Å². The molecule has 0 saturated heterocycles. The molecule has 0 aliphatic carbocycles. The van der Waals surface area contributed by atoms with Crippen LogP contribution in [0.1, 0.15) is 5.56 Å². The van der Waals surface area contributed by atoms with E-state index < -0.39 is 0 Å². The van der Waals surface area contributed by atoms with Gasteiger partial charge in [-0.15, -0.1) is 18.3 Å². The van der Waals surface area contributed by atoms with Crippen molar-refractivity contribution >= 4 is 11.8 Å². The quantitative estimate of drug-likeness (QED) is 0.572. The van der Waals surface area contributed by atoms with Gasteiger partial charge < -0.3 is 10.2 Å². The molecule has 13 heavy (non-hydrogen) atoms. The maximum Gasteiger partial charge on any atom is 0.122 e. The molecule has 2 N–H and O–H groups in total. The lowest BCUT2D eigenvalue weighted by Gasteiger charge is -2.06. The smallest absolute Gasteiger partial charge is 0.122 e. The molecule has 1 aromatic rings. The predicted molar refractivity (Wildman–Crippen MR) is 55.0 cm³/mol. The normalized spacial score (nSPS) is 9.92. The average Bonchev–Trinajstić information content (AvgIpc) is 2.15. The van der Waals surface area contributed by atoms with Crippen molar-refractivity contribution in [1.82, 2.24) is 0 Å². The van der Waals surface area contributed by atoms with Crippen LogP contribution in [0.5, 0.6) is 5.75 Å². The molecule has 0 spiro atoms. The van der Waals surface area contributed by atoms with Crippen molar-refractivity contribution in [3.05, 3.63) is 36.4 Å². The lowest BCUT2D eigenvalue weighted by atomic mass is 10.2. The van der Waals surface area contributed by atoms with Gasteiger partial charge in [0.25, 0.3) is 0 Å². The lowest BCUT2D eigenvalue weighted by Crippen LogP contribution is -1.88. The van der Waals surface area contributed by atoms with Crippen LogP contribution in [0, 0.1) is 0 Å². The third kappa shape index (κ3) is 2.50. The van der Waals surface area contributed by atoms with Gasteiger partial charge in [-0.3, -0.25) is 0 Å². The van der Waals surface area contributed by atoms with E-state index in [2.05, 4.69) is 6.58 Å². The van der Waals surface area contributed by atoms with Gasteiger partial charge in [0.1, 0.15) is 5.75 Å². The van der Waals surface area contributed by atoms with Crippen LogP contribution in [0.2, 0.25) is 0 Å². The molecular weight excluding hydrogens is 184 g/mol. The minimum atomic E-state index is -0.133. The van der Waals surface area contributed by atoms with Crippen LogP contribution < -0.4 is 0 Å². The number of hydrogen-bond acceptors (Lipinski definition) is 3. The Balaban J connectivity index is 2.91. The topological polar surface area (TPSA) is 40.5 Å². The molecule has 70 valence electrons. The number of benzene rings is 1. The molecule has 0 atom stereocenters. The summed E-state index contributed by atoms with van der Waals surface area (Å²) in [6, 6.07) is 5.21. The Morgan fingerprint density at radius 3 is 2.85 bits per heavy atom. The van der Waals surface area contributed by atoms with Gasteiger partial charge in [0.05, 0.1) is 6.61 Å². The highest BCUT2D eigenvalue weighted by atomic mass is 32.2. The van der Waals surface area contributed by atoms with E-state index in [9.17, 15) is 5.11 Å². The van der Waals surface area contributed by atoms with Crippen LogP contribution in [0.15, 0.2) is 35.7 Å². The molecule has 0 heterocycles. The molecule has 0 bridgehead atoms. The van der Waals surface area contributed by atoms with Crippen LogP contribution in [-0.4, -0.2) is 16.0 Å². The van der Waals surface area contributed by atoms with Crippen molar-refractivity contribution in [2.75, 3.05) is 5.75 Å². The van der Waals surface area contributed by atoms with Gasteiger partial charge in [-0.1, -0.05) is 12.1 Å². The fourth-order valence-corrected chi connectivity index (χ4v) is 1.81. The van der Waals surface area contributed by atoms with E-state index in [1.807, 2.05) is 6.07 Å². The lowest BCUT2D eigenvalue weighted by molar-refractivity contribution is 0.272. The van der Waals surface area contributed by atoms with Crippen molar-refractivity contribution in [2.45, 2.75) is 11.5 Å². The largest absolute Gasteiger partial charge is 0.508 e. The second kappa shape index (κ2) is 4.94. The third-order valence-corrected chi connectivity index (χ3v) is 2.72. The zero-order chi connectivity index (χ0) is 9.68. The molecule has 0 unspecified atom stereocenters. The first-order valence-corrected chi connectivity index (χ1v) is 4.93. The van der Waals surface area contributed by atoms with Crippen LogP contribution in [0.3, 0.4) is 0 Å². The summed E-state index contributed by atoms with van der Waals surface area (Å²) >= 11 is 1.55. The number of rotatable bonds is 4. The Labute approximate surface area is 81.9 Å². The summed E-state index contributed by atoms with van der Waals surface area (Å²) in [5.41, 5.74) is 0.592. The number of thioether (sulfide) groups is 1. The molecule has 0 amide bonds. The highest BCUT2D eigenvalue weighted by Gasteiger charge is 2.05. The second-order valence-electron chi connectivity index (χ2n) is 2.51. The molecule has 0 saturated carbocycles. The molecule has 3 heteroatoms. The fraction of sp³-hybridized carbons (Fsp3) is 0.200. The van der Waals surface area contributed by atoms with E-state index in [4.69, 9.17) is 5.11 Å². The van der Waals surface area contributed by atoms with Gasteiger partial charge in [-0.25, -0.2) is 0 Å². The van der Waals surface area contributed by atoms with E-state index in [0.717, 1.165) is 10.6 Å². The summed E-state index contributed by atoms with van der Waals surface area (Å²) < 4.78 is 0. The van der Waals surface area contributed by atoms with Crippen molar-refractivity contribution in [3.8, 4) is 5.75 Å². The minimum absolute atomic E-state index is 0.133. The summed E-state index contributed by atoms with van der Waals surface area (Å²) in [6.07, 6.45) is 1.79. The standard InChI is InChI=1S/C10H12O2S/c1-2-6-13-10-5-3-4-9(12)8(10)7-11/h2-5,11-12H,1,6-7H2.